The lowest BCUT2D eigenvalue weighted by Crippen LogP contribution is -2.15. The Balaban J connectivity index is 1.84. The van der Waals surface area contributed by atoms with Crippen LogP contribution in [0, 0.1) is 0 Å². The quantitative estimate of drug-likeness (QED) is 0.362. The summed E-state index contributed by atoms with van der Waals surface area (Å²) in [5.74, 6) is 0. The molecule has 0 atom stereocenters. The Hall–Kier alpha value is -2.76. The molecule has 0 amide bonds. The van der Waals surface area contributed by atoms with Crippen molar-refractivity contribution in [1.29, 1.82) is 0 Å². The van der Waals surface area contributed by atoms with Gasteiger partial charge in [-0.25, -0.2) is 0 Å². The first kappa shape index (κ1) is 13.7. The topological polar surface area (TPSA) is 128 Å². The van der Waals surface area contributed by atoms with E-state index in [0.717, 1.165) is 11.4 Å². The third-order valence-corrected chi connectivity index (χ3v) is 2.91. The summed E-state index contributed by atoms with van der Waals surface area (Å²) < 4.78 is 0. The summed E-state index contributed by atoms with van der Waals surface area (Å²) in [5, 5.41) is 6.47. The molecule has 0 aliphatic rings. The fourth-order valence-corrected chi connectivity index (χ4v) is 1.88. The van der Waals surface area contributed by atoms with Crippen LogP contribution in [0.4, 0.5) is 34.1 Å². The summed E-state index contributed by atoms with van der Waals surface area (Å²) in [6.07, 6.45) is 0. The number of nitrogen functional groups attached to an aromatic ring is 4. The Morgan fingerprint density at radius 1 is 0.650 bits per heavy atom. The van der Waals surface area contributed by atoms with E-state index in [1.165, 1.54) is 0 Å². The van der Waals surface area contributed by atoms with Crippen molar-refractivity contribution in [3.05, 3.63) is 36.4 Å². The van der Waals surface area contributed by atoms with Crippen LogP contribution in [0.2, 0.25) is 0 Å². The van der Waals surface area contributed by atoms with Crippen LogP contribution in [-0.2, 0) is 0 Å². The average molecular weight is 272 g/mol. The second kappa shape index (κ2) is 5.92. The summed E-state index contributed by atoms with van der Waals surface area (Å²) in [5.41, 5.74) is 27.3. The molecule has 0 bridgehead atoms. The molecule has 10 N–H and O–H groups in total. The highest BCUT2D eigenvalue weighted by Gasteiger charge is 2.00. The molecule has 0 saturated carbocycles. The minimum atomic E-state index is 0.636. The largest absolute Gasteiger partial charge is 0.399 e. The highest BCUT2D eigenvalue weighted by molar-refractivity contribution is 5.72. The van der Waals surface area contributed by atoms with Crippen LogP contribution in [0.15, 0.2) is 36.4 Å². The van der Waals surface area contributed by atoms with Gasteiger partial charge in [-0.2, -0.15) is 0 Å². The molecule has 0 heterocycles. The van der Waals surface area contributed by atoms with Crippen LogP contribution in [0.1, 0.15) is 0 Å². The van der Waals surface area contributed by atoms with Crippen LogP contribution in [-0.4, -0.2) is 13.1 Å². The third kappa shape index (κ3) is 3.38. The zero-order valence-corrected chi connectivity index (χ0v) is 11.2. The summed E-state index contributed by atoms with van der Waals surface area (Å²) in [7, 11) is 0. The highest BCUT2D eigenvalue weighted by atomic mass is 15.0. The van der Waals surface area contributed by atoms with E-state index in [0.29, 0.717) is 35.8 Å². The fourth-order valence-electron chi connectivity index (χ4n) is 1.88. The number of hydrogen-bond donors (Lipinski definition) is 6. The molecule has 0 spiro atoms. The Labute approximate surface area is 118 Å². The zero-order valence-electron chi connectivity index (χ0n) is 11.2. The molecule has 106 valence electrons. The Morgan fingerprint density at radius 2 is 1.05 bits per heavy atom. The fraction of sp³-hybridized carbons (Fsp3) is 0.143. The normalized spacial score (nSPS) is 10.2. The van der Waals surface area contributed by atoms with Gasteiger partial charge in [0.2, 0.25) is 0 Å². The molecular weight excluding hydrogens is 252 g/mol. The van der Waals surface area contributed by atoms with Crippen molar-refractivity contribution in [2.75, 3.05) is 46.7 Å². The first-order valence-corrected chi connectivity index (χ1v) is 6.34. The molecule has 0 aromatic heterocycles. The van der Waals surface area contributed by atoms with Crippen molar-refractivity contribution in [2.24, 2.45) is 0 Å². The van der Waals surface area contributed by atoms with E-state index in [4.69, 9.17) is 22.9 Å². The third-order valence-electron chi connectivity index (χ3n) is 2.91. The smallest absolute Gasteiger partial charge is 0.0576 e. The molecule has 6 nitrogen and oxygen atoms in total. The Bertz CT molecular complexity index is 543. The second-order valence-electron chi connectivity index (χ2n) is 4.55. The number of nitrogens with two attached hydrogens (primary N) is 4. The zero-order chi connectivity index (χ0) is 14.5. The van der Waals surface area contributed by atoms with E-state index in [-0.39, 0.29) is 0 Å². The summed E-state index contributed by atoms with van der Waals surface area (Å²) in [6, 6.07) is 10.8. The SMILES string of the molecule is Nc1ccc(NCCNc2ccc(N)cc2N)c(N)c1. The van der Waals surface area contributed by atoms with Crippen molar-refractivity contribution in [2.45, 2.75) is 0 Å². The maximum atomic E-state index is 5.86. The maximum absolute atomic E-state index is 5.86. The number of nitrogens with one attached hydrogen (secondary N) is 2. The van der Waals surface area contributed by atoms with E-state index in [1.54, 1.807) is 12.1 Å². The lowest BCUT2D eigenvalue weighted by molar-refractivity contribution is 1.08. The van der Waals surface area contributed by atoms with Gasteiger partial charge in [-0.15, -0.1) is 0 Å². The van der Waals surface area contributed by atoms with Crippen LogP contribution in [0.25, 0.3) is 0 Å². The predicted molar refractivity (Wildman–Crippen MR) is 87.5 cm³/mol. The molecule has 0 aliphatic carbocycles. The maximum Gasteiger partial charge on any atom is 0.0576 e. The molecule has 0 saturated heterocycles. The molecule has 6 heteroatoms. The Kier molecular flexibility index (Phi) is 4.05. The van der Waals surface area contributed by atoms with Crippen molar-refractivity contribution < 1.29 is 0 Å². The van der Waals surface area contributed by atoms with E-state index in [2.05, 4.69) is 10.6 Å². The van der Waals surface area contributed by atoms with E-state index >= 15 is 0 Å². The van der Waals surface area contributed by atoms with Crippen molar-refractivity contribution in [3.8, 4) is 0 Å². The molecule has 0 unspecified atom stereocenters. The molecule has 0 radical (unpaired) electrons. The van der Waals surface area contributed by atoms with Gasteiger partial charge < -0.3 is 33.6 Å². The van der Waals surface area contributed by atoms with Gasteiger partial charge in [0, 0.05) is 24.5 Å². The van der Waals surface area contributed by atoms with Gasteiger partial charge in [0.05, 0.1) is 22.7 Å². The lowest BCUT2D eigenvalue weighted by Gasteiger charge is -2.12. The lowest BCUT2D eigenvalue weighted by atomic mass is 10.2. The number of rotatable bonds is 5. The molecule has 2 aromatic carbocycles. The van der Waals surface area contributed by atoms with Crippen molar-refractivity contribution in [1.82, 2.24) is 0 Å². The van der Waals surface area contributed by atoms with Crippen LogP contribution < -0.4 is 33.6 Å². The molecular formula is C14H20N6. The Morgan fingerprint density at radius 3 is 1.40 bits per heavy atom. The second-order valence-corrected chi connectivity index (χ2v) is 4.55. The summed E-state index contributed by atoms with van der Waals surface area (Å²) in [4.78, 5) is 0. The predicted octanol–water partition coefficient (Wildman–Crippen LogP) is 1.54. The first-order chi connectivity index (χ1) is 9.56. The van der Waals surface area contributed by atoms with Crippen LogP contribution in [0.5, 0.6) is 0 Å². The minimum absolute atomic E-state index is 0.636. The van der Waals surface area contributed by atoms with E-state index in [1.807, 2.05) is 24.3 Å². The average Bonchev–Trinajstić information content (AvgIpc) is 2.39. The van der Waals surface area contributed by atoms with Gasteiger partial charge in [-0.3, -0.25) is 0 Å². The van der Waals surface area contributed by atoms with E-state index in [9.17, 15) is 0 Å². The van der Waals surface area contributed by atoms with Gasteiger partial charge in [-0.1, -0.05) is 0 Å². The van der Waals surface area contributed by atoms with Crippen LogP contribution >= 0.6 is 0 Å². The number of anilines is 6. The van der Waals surface area contributed by atoms with Gasteiger partial charge in [0.15, 0.2) is 0 Å². The van der Waals surface area contributed by atoms with Gasteiger partial charge in [0.25, 0.3) is 0 Å². The summed E-state index contributed by atoms with van der Waals surface area (Å²) in [6.45, 7) is 1.41. The summed E-state index contributed by atoms with van der Waals surface area (Å²) >= 11 is 0. The number of hydrogen-bond acceptors (Lipinski definition) is 6. The molecule has 0 aliphatic heterocycles. The van der Waals surface area contributed by atoms with Crippen molar-refractivity contribution in [3.63, 3.8) is 0 Å². The molecule has 20 heavy (non-hydrogen) atoms. The van der Waals surface area contributed by atoms with E-state index < -0.39 is 0 Å². The first-order valence-electron chi connectivity index (χ1n) is 6.34. The van der Waals surface area contributed by atoms with Gasteiger partial charge >= 0.3 is 0 Å². The monoisotopic (exact) mass is 272 g/mol. The van der Waals surface area contributed by atoms with Gasteiger partial charge in [0.1, 0.15) is 0 Å². The molecule has 2 rings (SSSR count). The molecule has 2 aromatic rings. The standard InChI is InChI=1S/C14H20N6/c15-9-1-3-13(11(17)7-9)19-5-6-20-14-4-2-10(16)8-12(14)18/h1-4,7-8,19-20H,5-6,15-18H2. The highest BCUT2D eigenvalue weighted by Crippen LogP contribution is 2.22. The minimum Gasteiger partial charge on any atom is -0.399 e. The molecule has 0 fully saturated rings. The van der Waals surface area contributed by atoms with Crippen molar-refractivity contribution >= 4 is 34.1 Å². The van der Waals surface area contributed by atoms with Crippen LogP contribution in [0.3, 0.4) is 0 Å². The van der Waals surface area contributed by atoms with Gasteiger partial charge in [-0.05, 0) is 36.4 Å². The number of benzene rings is 2.